The van der Waals surface area contributed by atoms with Crippen LogP contribution >= 0.6 is 24.0 Å². The van der Waals surface area contributed by atoms with E-state index in [0.717, 1.165) is 18.7 Å². The zero-order valence-electron chi connectivity index (χ0n) is 14.5. The fourth-order valence-electron chi connectivity index (χ4n) is 2.01. The second-order valence-electron chi connectivity index (χ2n) is 5.24. The molecule has 7 heteroatoms. The number of hydrogen-bond donors (Lipinski definition) is 3. The Kier molecular flexibility index (Phi) is 13.0. The van der Waals surface area contributed by atoms with Crippen molar-refractivity contribution in [3.63, 3.8) is 0 Å². The average Bonchev–Trinajstić information content (AvgIpc) is 2.58. The first-order chi connectivity index (χ1) is 11.2. The highest BCUT2D eigenvalue weighted by molar-refractivity contribution is 14.0. The summed E-state index contributed by atoms with van der Waals surface area (Å²) in [5.74, 6) is 1.04. The van der Waals surface area contributed by atoms with Crippen molar-refractivity contribution in [1.29, 1.82) is 0 Å². The number of rotatable bonds is 10. The molecule has 0 aromatic heterocycles. The lowest BCUT2D eigenvalue weighted by Crippen LogP contribution is -2.38. The van der Waals surface area contributed by atoms with E-state index in [1.54, 1.807) is 31.4 Å². The molecule has 24 heavy (non-hydrogen) atoms. The number of amides is 1. The molecule has 0 aliphatic rings. The molecule has 1 aromatic rings. The van der Waals surface area contributed by atoms with Gasteiger partial charge in [0.25, 0.3) is 5.91 Å². The fourth-order valence-corrected chi connectivity index (χ4v) is 2.01. The third-order valence-corrected chi connectivity index (χ3v) is 3.36. The van der Waals surface area contributed by atoms with Crippen molar-refractivity contribution in [3.8, 4) is 5.75 Å². The molecular weight excluding hydrogens is 419 g/mol. The van der Waals surface area contributed by atoms with Crippen LogP contribution in [0, 0.1) is 0 Å². The molecular formula is C17H29IN4O2. The van der Waals surface area contributed by atoms with Crippen LogP contribution in [-0.2, 0) is 0 Å². The molecule has 6 nitrogen and oxygen atoms in total. The molecule has 1 aromatic carbocycles. The summed E-state index contributed by atoms with van der Waals surface area (Å²) in [6, 6.07) is 6.98. The third kappa shape index (κ3) is 9.59. The lowest BCUT2D eigenvalue weighted by atomic mass is 10.2. The van der Waals surface area contributed by atoms with E-state index in [2.05, 4.69) is 22.5 Å². The molecule has 0 atom stereocenters. The number of nitrogens with two attached hydrogens (primary N) is 1. The van der Waals surface area contributed by atoms with Gasteiger partial charge in [-0.25, -0.2) is 0 Å². The number of unbranched alkanes of at least 4 members (excludes halogenated alkanes) is 3. The number of carbonyl (C=O) groups excluding carboxylic acids is 1. The van der Waals surface area contributed by atoms with Crippen LogP contribution in [0.25, 0.3) is 0 Å². The standard InChI is InChI=1S/C17H28N4O2.HI/c1-3-4-5-6-11-20-17(18)21-13-12-19-16(22)14-7-9-15(23-2)10-8-14;/h7-10H,3-6,11-13H2,1-2H3,(H,19,22)(H3,18,20,21);1H. The largest absolute Gasteiger partial charge is 0.497 e. The van der Waals surface area contributed by atoms with Gasteiger partial charge in [0.15, 0.2) is 5.96 Å². The van der Waals surface area contributed by atoms with E-state index < -0.39 is 0 Å². The van der Waals surface area contributed by atoms with Gasteiger partial charge in [-0.15, -0.1) is 24.0 Å². The van der Waals surface area contributed by atoms with Crippen LogP contribution < -0.4 is 21.1 Å². The highest BCUT2D eigenvalue weighted by Gasteiger charge is 2.04. The van der Waals surface area contributed by atoms with Crippen LogP contribution in [0.2, 0.25) is 0 Å². The summed E-state index contributed by atoms with van der Waals surface area (Å²) in [6.45, 7) is 3.96. The molecule has 1 amide bonds. The Morgan fingerprint density at radius 2 is 1.79 bits per heavy atom. The molecule has 1 rings (SSSR count). The van der Waals surface area contributed by atoms with Gasteiger partial charge in [-0.05, 0) is 30.7 Å². The Bertz CT molecular complexity index is 492. The van der Waals surface area contributed by atoms with Gasteiger partial charge >= 0.3 is 0 Å². The van der Waals surface area contributed by atoms with E-state index >= 15 is 0 Å². The van der Waals surface area contributed by atoms with Gasteiger partial charge in [0.05, 0.1) is 7.11 Å². The summed E-state index contributed by atoms with van der Waals surface area (Å²) >= 11 is 0. The fraction of sp³-hybridized carbons (Fsp3) is 0.529. The van der Waals surface area contributed by atoms with Crippen molar-refractivity contribution < 1.29 is 9.53 Å². The normalized spacial score (nSPS) is 10.7. The maximum absolute atomic E-state index is 11.9. The predicted octanol–water partition coefficient (Wildman–Crippen LogP) is 2.53. The molecule has 0 aliphatic carbocycles. The summed E-state index contributed by atoms with van der Waals surface area (Å²) in [5.41, 5.74) is 6.36. The second-order valence-corrected chi connectivity index (χ2v) is 5.24. The molecule has 0 aliphatic heterocycles. The third-order valence-electron chi connectivity index (χ3n) is 3.36. The number of aliphatic imine (C=N–C) groups is 1. The zero-order valence-corrected chi connectivity index (χ0v) is 16.8. The van der Waals surface area contributed by atoms with Crippen LogP contribution in [0.5, 0.6) is 5.75 Å². The number of benzene rings is 1. The van der Waals surface area contributed by atoms with E-state index in [-0.39, 0.29) is 29.9 Å². The number of guanidine groups is 1. The first-order valence-corrected chi connectivity index (χ1v) is 8.13. The van der Waals surface area contributed by atoms with Crippen molar-refractivity contribution in [2.24, 2.45) is 10.7 Å². The number of methoxy groups -OCH3 is 1. The lowest BCUT2D eigenvalue weighted by Gasteiger charge is -2.08. The van der Waals surface area contributed by atoms with Gasteiger partial charge in [0.1, 0.15) is 5.75 Å². The minimum absolute atomic E-state index is 0. The number of carbonyl (C=O) groups is 1. The van der Waals surface area contributed by atoms with Crippen molar-refractivity contribution in [1.82, 2.24) is 10.6 Å². The highest BCUT2D eigenvalue weighted by Crippen LogP contribution is 2.10. The summed E-state index contributed by atoms with van der Waals surface area (Å²) < 4.78 is 5.06. The highest BCUT2D eigenvalue weighted by atomic mass is 127. The number of nitrogens with zero attached hydrogens (tertiary/aromatic N) is 1. The molecule has 0 saturated carbocycles. The summed E-state index contributed by atoms with van der Waals surface area (Å²) in [6.07, 6.45) is 4.70. The number of halogens is 1. The number of hydrogen-bond acceptors (Lipinski definition) is 3. The molecule has 0 bridgehead atoms. The average molecular weight is 448 g/mol. The van der Waals surface area contributed by atoms with Crippen molar-refractivity contribution in [2.45, 2.75) is 32.6 Å². The van der Waals surface area contributed by atoms with Gasteiger partial charge in [-0.2, -0.15) is 0 Å². The molecule has 0 spiro atoms. The SMILES string of the molecule is CCCCCCN=C(N)NCCNC(=O)c1ccc(OC)cc1.I. The maximum Gasteiger partial charge on any atom is 0.251 e. The minimum Gasteiger partial charge on any atom is -0.497 e. The quantitative estimate of drug-likeness (QED) is 0.222. The summed E-state index contributed by atoms with van der Waals surface area (Å²) in [5, 5.41) is 5.81. The van der Waals surface area contributed by atoms with Crippen LogP contribution in [0.4, 0.5) is 0 Å². The van der Waals surface area contributed by atoms with Crippen molar-refractivity contribution in [3.05, 3.63) is 29.8 Å². The second kappa shape index (κ2) is 13.9. The van der Waals surface area contributed by atoms with E-state index in [0.29, 0.717) is 24.6 Å². The molecule has 0 saturated heterocycles. The molecule has 136 valence electrons. The van der Waals surface area contributed by atoms with E-state index in [1.807, 2.05) is 0 Å². The zero-order chi connectivity index (χ0) is 16.9. The molecule has 0 unspecified atom stereocenters. The minimum atomic E-state index is -0.121. The maximum atomic E-state index is 11.9. The molecule has 0 radical (unpaired) electrons. The first-order valence-electron chi connectivity index (χ1n) is 8.13. The molecule has 0 fully saturated rings. The van der Waals surface area contributed by atoms with Crippen molar-refractivity contribution >= 4 is 35.8 Å². The van der Waals surface area contributed by atoms with Gasteiger partial charge in [0, 0.05) is 25.2 Å². The van der Waals surface area contributed by atoms with Gasteiger partial charge in [-0.3, -0.25) is 9.79 Å². The smallest absolute Gasteiger partial charge is 0.251 e. The Balaban J connectivity index is 0.00000529. The lowest BCUT2D eigenvalue weighted by molar-refractivity contribution is 0.0954. The summed E-state index contributed by atoms with van der Waals surface area (Å²) in [7, 11) is 1.59. The monoisotopic (exact) mass is 448 g/mol. The van der Waals surface area contributed by atoms with Gasteiger partial charge in [0.2, 0.25) is 0 Å². The molecule has 4 N–H and O–H groups in total. The summed E-state index contributed by atoms with van der Waals surface area (Å²) in [4.78, 5) is 16.2. The van der Waals surface area contributed by atoms with Gasteiger partial charge in [-0.1, -0.05) is 26.2 Å². The van der Waals surface area contributed by atoms with Crippen molar-refractivity contribution in [2.75, 3.05) is 26.7 Å². The van der Waals surface area contributed by atoms with E-state index in [1.165, 1.54) is 19.3 Å². The Morgan fingerprint density at radius 1 is 1.12 bits per heavy atom. The predicted molar refractivity (Wildman–Crippen MR) is 109 cm³/mol. The number of nitrogens with one attached hydrogen (secondary N) is 2. The van der Waals surface area contributed by atoms with Crippen LogP contribution in [0.1, 0.15) is 43.0 Å². The Hall–Kier alpha value is -1.51. The topological polar surface area (TPSA) is 88.7 Å². The van der Waals surface area contributed by atoms with Crippen LogP contribution in [0.3, 0.4) is 0 Å². The van der Waals surface area contributed by atoms with Crippen LogP contribution in [0.15, 0.2) is 29.3 Å². The first kappa shape index (κ1) is 22.5. The molecule has 0 heterocycles. The van der Waals surface area contributed by atoms with Gasteiger partial charge < -0.3 is 21.1 Å². The Labute approximate surface area is 161 Å². The number of ether oxygens (including phenoxy) is 1. The van der Waals surface area contributed by atoms with E-state index in [4.69, 9.17) is 10.5 Å². The van der Waals surface area contributed by atoms with E-state index in [9.17, 15) is 4.79 Å². The Morgan fingerprint density at radius 3 is 2.42 bits per heavy atom. The van der Waals surface area contributed by atoms with Crippen LogP contribution in [-0.4, -0.2) is 38.6 Å².